The molecule has 0 aromatic heterocycles. The largest absolute Gasteiger partial charge is 0.369 e. The van der Waals surface area contributed by atoms with Crippen LogP contribution in [0.2, 0.25) is 0 Å². The highest BCUT2D eigenvalue weighted by atomic mass is 32.2. The molecule has 1 saturated carbocycles. The molecular formula is C27H29N3O3S. The number of nitrogens with two attached hydrogens (primary N) is 1. The van der Waals surface area contributed by atoms with Gasteiger partial charge in [0.2, 0.25) is 17.7 Å². The van der Waals surface area contributed by atoms with Crippen LogP contribution in [0.3, 0.4) is 0 Å². The van der Waals surface area contributed by atoms with Gasteiger partial charge in [0, 0.05) is 35.4 Å². The second kappa shape index (κ2) is 8.15. The van der Waals surface area contributed by atoms with E-state index >= 15 is 0 Å². The van der Waals surface area contributed by atoms with E-state index in [0.717, 1.165) is 43.5 Å². The molecule has 3 N–H and O–H groups in total. The van der Waals surface area contributed by atoms with Crippen LogP contribution >= 0.6 is 11.8 Å². The van der Waals surface area contributed by atoms with Crippen molar-refractivity contribution < 1.29 is 14.4 Å². The molecule has 2 aromatic rings. The van der Waals surface area contributed by atoms with Crippen LogP contribution in [0.15, 0.2) is 42.5 Å². The number of carbonyl (C=O) groups excluding carboxylic acids is 3. The summed E-state index contributed by atoms with van der Waals surface area (Å²) < 4.78 is 0.0788. The Kier molecular flexibility index (Phi) is 5.21. The zero-order valence-corrected chi connectivity index (χ0v) is 19.9. The van der Waals surface area contributed by atoms with Crippen LogP contribution in [-0.2, 0) is 20.8 Å². The Morgan fingerprint density at radius 1 is 1.03 bits per heavy atom. The van der Waals surface area contributed by atoms with Gasteiger partial charge in [0.15, 0.2) is 0 Å². The van der Waals surface area contributed by atoms with E-state index in [-0.39, 0.29) is 46.8 Å². The molecule has 2 saturated heterocycles. The summed E-state index contributed by atoms with van der Waals surface area (Å²) >= 11 is 1.92. The molecule has 7 heteroatoms. The molecule has 6 rings (SSSR count). The zero-order chi connectivity index (χ0) is 23.4. The van der Waals surface area contributed by atoms with Gasteiger partial charge < -0.3 is 16.0 Å². The van der Waals surface area contributed by atoms with Gasteiger partial charge in [0.05, 0.1) is 5.92 Å². The fourth-order valence-corrected chi connectivity index (χ4v) is 8.02. The maximum Gasteiger partial charge on any atom is 0.227 e. The number of nitrogens with zero attached hydrogens (tertiary/aromatic N) is 1. The van der Waals surface area contributed by atoms with Crippen molar-refractivity contribution in [3.8, 4) is 11.1 Å². The molecule has 2 unspecified atom stereocenters. The first kappa shape index (κ1) is 21.7. The Morgan fingerprint density at radius 2 is 1.82 bits per heavy atom. The number of fused-ring (bicyclic) bond motifs is 3. The third-order valence-corrected chi connectivity index (χ3v) is 9.62. The molecule has 4 aliphatic rings. The summed E-state index contributed by atoms with van der Waals surface area (Å²) in [7, 11) is 0. The van der Waals surface area contributed by atoms with Gasteiger partial charge in [0.25, 0.3) is 0 Å². The second-order valence-electron chi connectivity index (χ2n) is 10.3. The molecule has 2 aromatic carbocycles. The van der Waals surface area contributed by atoms with E-state index in [9.17, 15) is 14.4 Å². The van der Waals surface area contributed by atoms with Crippen molar-refractivity contribution in [3.63, 3.8) is 0 Å². The topological polar surface area (TPSA) is 92.5 Å². The quantitative estimate of drug-likeness (QED) is 0.606. The third-order valence-electron chi connectivity index (χ3n) is 8.06. The van der Waals surface area contributed by atoms with Gasteiger partial charge in [-0.15, -0.1) is 0 Å². The second-order valence-corrected chi connectivity index (χ2v) is 11.9. The highest BCUT2D eigenvalue weighted by Gasteiger charge is 2.50. The molecule has 2 aliphatic heterocycles. The molecule has 2 atom stereocenters. The van der Waals surface area contributed by atoms with Gasteiger partial charge in [-0.1, -0.05) is 30.3 Å². The van der Waals surface area contributed by atoms with Crippen molar-refractivity contribution in [2.45, 2.75) is 49.3 Å². The number of benzene rings is 2. The predicted molar refractivity (Wildman–Crippen MR) is 133 cm³/mol. The van der Waals surface area contributed by atoms with E-state index in [0.29, 0.717) is 6.54 Å². The van der Waals surface area contributed by atoms with E-state index in [1.54, 1.807) is 4.90 Å². The summed E-state index contributed by atoms with van der Waals surface area (Å²) in [6.45, 7) is 0.423. The average molecular weight is 476 g/mol. The highest BCUT2D eigenvalue weighted by Crippen LogP contribution is 2.53. The van der Waals surface area contributed by atoms with Gasteiger partial charge in [-0.25, -0.2) is 0 Å². The number of hydrogen-bond acceptors (Lipinski definition) is 4. The Labute approximate surface area is 203 Å². The van der Waals surface area contributed by atoms with Crippen LogP contribution < -0.4 is 16.0 Å². The number of anilines is 1. The molecule has 3 fully saturated rings. The van der Waals surface area contributed by atoms with Gasteiger partial charge in [-0.2, -0.15) is 11.8 Å². The molecule has 0 radical (unpaired) electrons. The number of primary amides is 1. The van der Waals surface area contributed by atoms with Crippen LogP contribution in [0, 0.1) is 11.8 Å². The standard InChI is InChI=1S/C27H29N3O3S/c28-25(32)19-12-27(13-19)14-20(7-8-34-27)29-26(33)18-11-24(31)30(15-18)21-5-6-23-17(10-21)9-16-3-1-2-4-22(16)23/h1-6,10,18-20H,7-9,11-15H2,(H2,28,32)(H,29,33). The lowest BCUT2D eigenvalue weighted by atomic mass is 9.70. The molecule has 2 heterocycles. The molecule has 34 heavy (non-hydrogen) atoms. The lowest BCUT2D eigenvalue weighted by molar-refractivity contribution is -0.127. The number of hydrogen-bond donors (Lipinski definition) is 2. The van der Waals surface area contributed by atoms with E-state index < -0.39 is 0 Å². The first-order valence-corrected chi connectivity index (χ1v) is 13.1. The summed E-state index contributed by atoms with van der Waals surface area (Å²) in [5.74, 6) is 0.393. The van der Waals surface area contributed by atoms with E-state index in [1.165, 1.54) is 22.3 Å². The smallest absolute Gasteiger partial charge is 0.227 e. The van der Waals surface area contributed by atoms with Crippen LogP contribution in [0.25, 0.3) is 11.1 Å². The number of carbonyl (C=O) groups is 3. The summed E-state index contributed by atoms with van der Waals surface area (Å²) in [5, 5.41) is 3.23. The van der Waals surface area contributed by atoms with Crippen LogP contribution in [-0.4, -0.2) is 40.8 Å². The van der Waals surface area contributed by atoms with Gasteiger partial charge in [-0.05, 0) is 72.2 Å². The molecule has 1 spiro atoms. The number of rotatable bonds is 4. The minimum absolute atomic E-state index is 0.00886. The molecule has 2 aliphatic carbocycles. The summed E-state index contributed by atoms with van der Waals surface area (Å²) in [4.78, 5) is 39.2. The summed E-state index contributed by atoms with van der Waals surface area (Å²) in [6, 6.07) is 14.7. The Balaban J connectivity index is 1.10. The van der Waals surface area contributed by atoms with Crippen molar-refractivity contribution in [2.24, 2.45) is 17.6 Å². The van der Waals surface area contributed by atoms with Gasteiger partial charge >= 0.3 is 0 Å². The SMILES string of the molecule is NC(=O)C1CC2(CC(NC(=O)C3CC(=O)N(c4ccc5c(c4)Cc4ccccc4-5)C3)CCS2)C1. The van der Waals surface area contributed by atoms with Crippen molar-refractivity contribution in [1.29, 1.82) is 0 Å². The van der Waals surface area contributed by atoms with Crippen molar-refractivity contribution in [3.05, 3.63) is 53.6 Å². The van der Waals surface area contributed by atoms with Crippen LogP contribution in [0.1, 0.15) is 43.2 Å². The minimum atomic E-state index is -0.330. The normalized spacial score (nSPS) is 29.5. The van der Waals surface area contributed by atoms with Crippen molar-refractivity contribution >= 4 is 35.2 Å². The van der Waals surface area contributed by atoms with Gasteiger partial charge in [0.1, 0.15) is 0 Å². The maximum atomic E-state index is 13.1. The monoisotopic (exact) mass is 475 g/mol. The summed E-state index contributed by atoms with van der Waals surface area (Å²) in [6.07, 6.45) is 4.56. The number of nitrogens with one attached hydrogen (secondary N) is 1. The predicted octanol–water partition coefficient (Wildman–Crippen LogP) is 3.26. The van der Waals surface area contributed by atoms with Crippen LogP contribution in [0.5, 0.6) is 0 Å². The van der Waals surface area contributed by atoms with E-state index in [4.69, 9.17) is 5.73 Å². The molecule has 3 amide bonds. The Hall–Kier alpha value is -2.80. The van der Waals surface area contributed by atoms with Crippen molar-refractivity contribution in [1.82, 2.24) is 5.32 Å². The van der Waals surface area contributed by atoms with Crippen LogP contribution in [0.4, 0.5) is 5.69 Å². The zero-order valence-electron chi connectivity index (χ0n) is 19.1. The highest BCUT2D eigenvalue weighted by molar-refractivity contribution is 8.00. The Morgan fingerprint density at radius 3 is 2.65 bits per heavy atom. The molecule has 0 bridgehead atoms. The summed E-state index contributed by atoms with van der Waals surface area (Å²) in [5.41, 5.74) is 11.4. The number of amides is 3. The average Bonchev–Trinajstić information content (AvgIpc) is 3.37. The van der Waals surface area contributed by atoms with E-state index in [2.05, 4.69) is 41.7 Å². The molecular weight excluding hydrogens is 446 g/mol. The van der Waals surface area contributed by atoms with Gasteiger partial charge in [-0.3, -0.25) is 14.4 Å². The minimum Gasteiger partial charge on any atom is -0.369 e. The lowest BCUT2D eigenvalue weighted by Gasteiger charge is -2.50. The fourth-order valence-electron chi connectivity index (χ4n) is 6.23. The van der Waals surface area contributed by atoms with E-state index in [1.807, 2.05) is 17.8 Å². The fraction of sp³-hybridized carbons (Fsp3) is 0.444. The first-order valence-electron chi connectivity index (χ1n) is 12.2. The lowest BCUT2D eigenvalue weighted by Crippen LogP contribution is -2.54. The molecule has 6 nitrogen and oxygen atoms in total. The number of thioether (sulfide) groups is 1. The maximum absolute atomic E-state index is 13.1. The van der Waals surface area contributed by atoms with Crippen molar-refractivity contribution in [2.75, 3.05) is 17.2 Å². The first-order chi connectivity index (χ1) is 16.4. The third kappa shape index (κ3) is 3.70. The molecule has 176 valence electrons. The Bertz CT molecular complexity index is 1190.